The SMILES string of the molecule is CCN1CCN(C(=O)[C@H](NC(=O)c2ccc(S(=O)(=O)N(CC)CC)cc2)C23CC4CC(CC(C4)C2)C3)CC1. The van der Waals surface area contributed by atoms with Crippen molar-refractivity contribution in [3.8, 4) is 0 Å². The van der Waals surface area contributed by atoms with Gasteiger partial charge in [0.25, 0.3) is 5.91 Å². The lowest BCUT2D eigenvalue weighted by Gasteiger charge is -2.59. The first-order valence-electron chi connectivity index (χ1n) is 14.6. The molecule has 4 saturated carbocycles. The van der Waals surface area contributed by atoms with E-state index in [0.717, 1.165) is 38.9 Å². The smallest absolute Gasteiger partial charge is 0.251 e. The Balaban J connectivity index is 1.38. The molecule has 210 valence electrons. The van der Waals surface area contributed by atoms with Crippen LogP contribution in [-0.4, -0.2) is 86.2 Å². The van der Waals surface area contributed by atoms with Crippen molar-refractivity contribution in [1.29, 1.82) is 0 Å². The van der Waals surface area contributed by atoms with E-state index < -0.39 is 16.1 Å². The fourth-order valence-corrected chi connectivity index (χ4v) is 9.64. The number of nitrogens with one attached hydrogen (secondary N) is 1. The van der Waals surface area contributed by atoms with Crippen LogP contribution >= 0.6 is 0 Å². The molecule has 0 aromatic heterocycles. The van der Waals surface area contributed by atoms with Crippen LogP contribution in [0.15, 0.2) is 29.2 Å². The highest BCUT2D eigenvalue weighted by molar-refractivity contribution is 7.89. The number of carbonyl (C=O) groups is 2. The summed E-state index contributed by atoms with van der Waals surface area (Å²) in [5, 5.41) is 3.21. The minimum atomic E-state index is -3.60. The van der Waals surface area contributed by atoms with E-state index in [1.807, 2.05) is 18.7 Å². The van der Waals surface area contributed by atoms with Gasteiger partial charge in [0.05, 0.1) is 4.90 Å². The Morgan fingerprint density at radius 1 is 0.921 bits per heavy atom. The number of benzene rings is 1. The van der Waals surface area contributed by atoms with Crippen LogP contribution < -0.4 is 5.32 Å². The normalized spacial score (nSPS) is 30.0. The van der Waals surface area contributed by atoms with Gasteiger partial charge < -0.3 is 15.1 Å². The Morgan fingerprint density at radius 3 is 1.92 bits per heavy atom. The van der Waals surface area contributed by atoms with Crippen LogP contribution in [-0.2, 0) is 14.8 Å². The summed E-state index contributed by atoms with van der Waals surface area (Å²) in [6.07, 6.45) is 6.87. The summed E-state index contributed by atoms with van der Waals surface area (Å²) < 4.78 is 27.2. The third kappa shape index (κ3) is 5.13. The van der Waals surface area contributed by atoms with Crippen molar-refractivity contribution in [2.75, 3.05) is 45.8 Å². The number of nitrogens with zero attached hydrogens (tertiary/aromatic N) is 3. The summed E-state index contributed by atoms with van der Waals surface area (Å²) in [5.41, 5.74) is 0.219. The Labute approximate surface area is 228 Å². The Bertz CT molecular complexity index is 1090. The number of piperazine rings is 1. The van der Waals surface area contributed by atoms with Crippen LogP contribution in [0.1, 0.15) is 69.7 Å². The molecule has 38 heavy (non-hydrogen) atoms. The second-order valence-corrected chi connectivity index (χ2v) is 14.0. The standard InChI is InChI=1S/C29H44N4O4S/c1-4-31-11-13-32(14-12-31)28(35)26(29-18-21-15-22(19-29)17-23(16-21)20-29)30-27(34)24-7-9-25(10-8-24)38(36,37)33(5-2)6-3/h7-10,21-23,26H,4-6,11-20H2,1-3H3,(H,30,34)/t21?,22?,23?,26-,29?/m0/s1. The molecule has 1 heterocycles. The largest absolute Gasteiger partial charge is 0.340 e. The number of likely N-dealkylation sites (N-methyl/N-ethyl adjacent to an activating group) is 1. The van der Waals surface area contributed by atoms with Crippen LogP contribution in [0.4, 0.5) is 0 Å². The van der Waals surface area contributed by atoms with Crippen LogP contribution in [0.3, 0.4) is 0 Å². The summed E-state index contributed by atoms with van der Waals surface area (Å²) in [7, 11) is -3.60. The van der Waals surface area contributed by atoms with E-state index in [4.69, 9.17) is 0 Å². The summed E-state index contributed by atoms with van der Waals surface area (Å²) in [5.74, 6) is 1.76. The maximum absolute atomic E-state index is 14.1. The van der Waals surface area contributed by atoms with Gasteiger partial charge in [-0.25, -0.2) is 8.42 Å². The van der Waals surface area contributed by atoms with E-state index in [-0.39, 0.29) is 22.1 Å². The fraction of sp³-hybridized carbons (Fsp3) is 0.724. The lowest BCUT2D eigenvalue weighted by molar-refractivity contribution is -0.146. The molecule has 4 bridgehead atoms. The molecule has 2 amide bonds. The van der Waals surface area contributed by atoms with Gasteiger partial charge in [0.15, 0.2) is 0 Å². The van der Waals surface area contributed by atoms with Crippen LogP contribution in [0, 0.1) is 23.2 Å². The summed E-state index contributed by atoms with van der Waals surface area (Å²) in [6, 6.07) is 5.64. The van der Waals surface area contributed by atoms with Crippen LogP contribution in [0.5, 0.6) is 0 Å². The van der Waals surface area contributed by atoms with Gasteiger partial charge in [0.1, 0.15) is 6.04 Å². The first-order valence-corrected chi connectivity index (χ1v) is 16.0. The van der Waals surface area contributed by atoms with Gasteiger partial charge in [-0.3, -0.25) is 9.59 Å². The Hall–Kier alpha value is -1.97. The molecule has 0 unspecified atom stereocenters. The molecule has 0 radical (unpaired) electrons. The molecule has 1 N–H and O–H groups in total. The number of hydrogen-bond acceptors (Lipinski definition) is 5. The summed E-state index contributed by atoms with van der Waals surface area (Å²) >= 11 is 0. The highest BCUT2D eigenvalue weighted by Gasteiger charge is 2.57. The quantitative estimate of drug-likeness (QED) is 0.516. The first kappa shape index (κ1) is 27.6. The van der Waals surface area contributed by atoms with Crippen molar-refractivity contribution in [1.82, 2.24) is 19.4 Å². The predicted octanol–water partition coefficient (Wildman–Crippen LogP) is 3.20. The fourth-order valence-electron chi connectivity index (χ4n) is 8.18. The molecule has 5 aliphatic rings. The summed E-state index contributed by atoms with van der Waals surface area (Å²) in [4.78, 5) is 32.2. The van der Waals surface area contributed by atoms with Crippen molar-refractivity contribution in [3.63, 3.8) is 0 Å². The van der Waals surface area contributed by atoms with E-state index in [9.17, 15) is 18.0 Å². The average molecular weight is 545 g/mol. The highest BCUT2D eigenvalue weighted by atomic mass is 32.2. The van der Waals surface area contributed by atoms with Gasteiger partial charge in [-0.1, -0.05) is 20.8 Å². The van der Waals surface area contributed by atoms with Crippen LogP contribution in [0.25, 0.3) is 0 Å². The Kier molecular flexibility index (Phi) is 7.91. The molecule has 4 aliphatic carbocycles. The third-order valence-corrected chi connectivity index (χ3v) is 11.9. The van der Waals surface area contributed by atoms with Gasteiger partial charge in [0.2, 0.25) is 15.9 Å². The second kappa shape index (κ2) is 10.9. The van der Waals surface area contributed by atoms with Gasteiger partial charge in [-0.15, -0.1) is 0 Å². The number of rotatable bonds is 9. The molecule has 1 aromatic rings. The zero-order valence-electron chi connectivity index (χ0n) is 23.2. The zero-order valence-corrected chi connectivity index (χ0v) is 24.0. The minimum Gasteiger partial charge on any atom is -0.340 e. The van der Waals surface area contributed by atoms with E-state index in [1.54, 1.807) is 12.1 Å². The topological polar surface area (TPSA) is 90.0 Å². The monoisotopic (exact) mass is 544 g/mol. The molecule has 1 saturated heterocycles. The van der Waals surface area contributed by atoms with E-state index >= 15 is 0 Å². The van der Waals surface area contributed by atoms with Crippen molar-refractivity contribution in [2.45, 2.75) is 70.2 Å². The maximum atomic E-state index is 14.1. The molecule has 6 rings (SSSR count). The molecule has 8 nitrogen and oxygen atoms in total. The minimum absolute atomic E-state index is 0.0665. The van der Waals surface area contributed by atoms with Crippen molar-refractivity contribution in [3.05, 3.63) is 29.8 Å². The van der Waals surface area contributed by atoms with E-state index in [1.165, 1.54) is 35.7 Å². The number of carbonyl (C=O) groups excluding carboxylic acids is 2. The van der Waals surface area contributed by atoms with Crippen molar-refractivity contribution >= 4 is 21.8 Å². The average Bonchev–Trinajstić information content (AvgIpc) is 2.91. The van der Waals surface area contributed by atoms with Gasteiger partial charge >= 0.3 is 0 Å². The summed E-state index contributed by atoms with van der Waals surface area (Å²) in [6.45, 7) is 10.7. The van der Waals surface area contributed by atoms with Gasteiger partial charge in [-0.05, 0) is 87.1 Å². The molecule has 1 aromatic carbocycles. The second-order valence-electron chi connectivity index (χ2n) is 12.1. The zero-order chi connectivity index (χ0) is 27.1. The maximum Gasteiger partial charge on any atom is 0.251 e. The van der Waals surface area contributed by atoms with E-state index in [0.29, 0.717) is 49.5 Å². The Morgan fingerprint density at radius 2 is 1.45 bits per heavy atom. The van der Waals surface area contributed by atoms with Gasteiger partial charge in [0, 0.05) is 50.2 Å². The molecule has 0 spiro atoms. The van der Waals surface area contributed by atoms with Crippen molar-refractivity contribution < 1.29 is 18.0 Å². The number of amides is 2. The predicted molar refractivity (Wildman–Crippen MR) is 147 cm³/mol. The van der Waals surface area contributed by atoms with Gasteiger partial charge in [-0.2, -0.15) is 4.31 Å². The molecular weight excluding hydrogens is 500 g/mol. The molecule has 5 fully saturated rings. The lowest BCUT2D eigenvalue weighted by atomic mass is 9.47. The molecule has 1 atom stereocenters. The number of sulfonamides is 1. The lowest BCUT2D eigenvalue weighted by Crippen LogP contribution is -2.64. The highest BCUT2D eigenvalue weighted by Crippen LogP contribution is 2.61. The molecule has 9 heteroatoms. The van der Waals surface area contributed by atoms with E-state index in [2.05, 4.69) is 17.1 Å². The molecular formula is C29H44N4O4S. The third-order valence-electron chi connectivity index (χ3n) is 9.81. The van der Waals surface area contributed by atoms with Crippen molar-refractivity contribution in [2.24, 2.45) is 23.2 Å². The molecule has 1 aliphatic heterocycles. The van der Waals surface area contributed by atoms with Crippen LogP contribution in [0.2, 0.25) is 0 Å². The number of hydrogen-bond donors (Lipinski definition) is 1. The first-order chi connectivity index (χ1) is 18.2.